The first-order valence-corrected chi connectivity index (χ1v) is 7.12. The summed E-state index contributed by atoms with van der Waals surface area (Å²) in [7, 11) is 3.08. The number of ether oxygens (including phenoxy) is 2. The molecule has 1 rings (SSSR count). The van der Waals surface area contributed by atoms with E-state index in [4.69, 9.17) is 26.3 Å². The maximum atomic E-state index is 11.8. The Morgan fingerprint density at radius 3 is 2.77 bits per heavy atom. The van der Waals surface area contributed by atoms with Crippen LogP contribution in [0.1, 0.15) is 6.42 Å². The van der Waals surface area contributed by atoms with Gasteiger partial charge >= 0.3 is 0 Å². The van der Waals surface area contributed by atoms with Gasteiger partial charge in [0.2, 0.25) is 0 Å². The van der Waals surface area contributed by atoms with Crippen LogP contribution in [-0.2, 0) is 4.79 Å². The lowest BCUT2D eigenvalue weighted by Crippen LogP contribution is -2.26. The van der Waals surface area contributed by atoms with Crippen molar-refractivity contribution < 1.29 is 14.3 Å². The van der Waals surface area contributed by atoms with Crippen LogP contribution in [0.15, 0.2) is 30.0 Å². The lowest BCUT2D eigenvalue weighted by atomic mass is 10.2. The second-order valence-electron chi connectivity index (χ2n) is 4.18. The average molecular weight is 324 g/mol. The molecule has 1 aromatic rings. The van der Waals surface area contributed by atoms with Crippen molar-refractivity contribution in [2.75, 3.05) is 32.0 Å². The minimum absolute atomic E-state index is 0.0422. The van der Waals surface area contributed by atoms with Gasteiger partial charge in [0.25, 0.3) is 5.91 Å². The standard InChI is InChI=1S/C15H18ClN3O3/c1-21-12-4-5-14(22-2)13(8-12)19-10-11(9-17)15(20)18-7-3-6-16/h4-5,8,10,19H,3,6-7H2,1-2H3,(H,18,20)/b11-10-. The van der Waals surface area contributed by atoms with E-state index in [0.29, 0.717) is 36.0 Å². The molecule has 22 heavy (non-hydrogen) atoms. The van der Waals surface area contributed by atoms with Crippen LogP contribution < -0.4 is 20.1 Å². The van der Waals surface area contributed by atoms with Gasteiger partial charge in [-0.3, -0.25) is 4.79 Å². The number of rotatable bonds is 8. The van der Waals surface area contributed by atoms with Crippen molar-refractivity contribution in [1.82, 2.24) is 5.32 Å². The monoisotopic (exact) mass is 323 g/mol. The molecule has 118 valence electrons. The maximum Gasteiger partial charge on any atom is 0.263 e. The van der Waals surface area contributed by atoms with Gasteiger partial charge in [0, 0.05) is 24.7 Å². The van der Waals surface area contributed by atoms with Gasteiger partial charge in [-0.2, -0.15) is 5.26 Å². The van der Waals surface area contributed by atoms with Gasteiger partial charge in [-0.15, -0.1) is 11.6 Å². The van der Waals surface area contributed by atoms with E-state index in [2.05, 4.69) is 10.6 Å². The van der Waals surface area contributed by atoms with Crippen molar-refractivity contribution in [2.24, 2.45) is 0 Å². The zero-order chi connectivity index (χ0) is 16.4. The highest BCUT2D eigenvalue weighted by atomic mass is 35.5. The number of carbonyl (C=O) groups is 1. The SMILES string of the molecule is COc1ccc(OC)c(N/C=C(/C#N)C(=O)NCCCCl)c1. The number of carbonyl (C=O) groups excluding carboxylic acids is 1. The van der Waals surface area contributed by atoms with Gasteiger partial charge in [0.15, 0.2) is 0 Å². The lowest BCUT2D eigenvalue weighted by Gasteiger charge is -2.10. The Bertz CT molecular complexity index is 582. The summed E-state index contributed by atoms with van der Waals surface area (Å²) in [5, 5.41) is 14.6. The van der Waals surface area contributed by atoms with E-state index in [1.807, 2.05) is 6.07 Å². The third-order valence-corrected chi connectivity index (χ3v) is 3.01. The Balaban J connectivity index is 2.83. The van der Waals surface area contributed by atoms with Crippen molar-refractivity contribution in [3.8, 4) is 17.6 Å². The normalized spacial score (nSPS) is 10.5. The molecule has 0 bridgehead atoms. The van der Waals surface area contributed by atoms with Crippen molar-refractivity contribution in [1.29, 1.82) is 5.26 Å². The molecule has 0 aliphatic rings. The molecule has 0 saturated carbocycles. The highest BCUT2D eigenvalue weighted by Crippen LogP contribution is 2.28. The molecule has 0 spiro atoms. The zero-order valence-electron chi connectivity index (χ0n) is 12.5. The molecule has 1 aromatic carbocycles. The van der Waals surface area contributed by atoms with Gasteiger partial charge in [-0.25, -0.2) is 0 Å². The van der Waals surface area contributed by atoms with Crippen LogP contribution >= 0.6 is 11.6 Å². The molecule has 0 aromatic heterocycles. The smallest absolute Gasteiger partial charge is 0.263 e. The second kappa shape index (κ2) is 9.53. The Labute approximate surface area is 134 Å². The summed E-state index contributed by atoms with van der Waals surface area (Å²) in [5.74, 6) is 1.19. The Morgan fingerprint density at radius 1 is 1.41 bits per heavy atom. The van der Waals surface area contributed by atoms with Crippen LogP contribution in [0, 0.1) is 11.3 Å². The minimum atomic E-state index is -0.457. The number of alkyl halides is 1. The minimum Gasteiger partial charge on any atom is -0.497 e. The fourth-order valence-electron chi connectivity index (χ4n) is 1.59. The molecular weight excluding hydrogens is 306 g/mol. The topological polar surface area (TPSA) is 83.4 Å². The van der Waals surface area contributed by atoms with E-state index < -0.39 is 5.91 Å². The number of hydrogen-bond donors (Lipinski definition) is 2. The van der Waals surface area contributed by atoms with E-state index in [1.54, 1.807) is 25.3 Å². The van der Waals surface area contributed by atoms with Crippen LogP contribution in [0.4, 0.5) is 5.69 Å². The second-order valence-corrected chi connectivity index (χ2v) is 4.56. The van der Waals surface area contributed by atoms with Crippen molar-refractivity contribution >= 4 is 23.2 Å². The molecule has 0 atom stereocenters. The van der Waals surface area contributed by atoms with Gasteiger partial charge in [-0.1, -0.05) is 0 Å². The van der Waals surface area contributed by atoms with Crippen molar-refractivity contribution in [2.45, 2.75) is 6.42 Å². The van der Waals surface area contributed by atoms with Crippen LogP contribution in [0.25, 0.3) is 0 Å². The van der Waals surface area contributed by atoms with E-state index in [0.717, 1.165) is 0 Å². The van der Waals surface area contributed by atoms with Crippen LogP contribution in [0.3, 0.4) is 0 Å². The molecule has 2 N–H and O–H groups in total. The van der Waals surface area contributed by atoms with Crippen molar-refractivity contribution in [3.63, 3.8) is 0 Å². The van der Waals surface area contributed by atoms with Gasteiger partial charge in [0.1, 0.15) is 23.1 Å². The fraction of sp³-hybridized carbons (Fsp3) is 0.333. The number of halogens is 1. The summed E-state index contributed by atoms with van der Waals surface area (Å²) in [6.07, 6.45) is 1.97. The predicted octanol–water partition coefficient (Wildman–Crippen LogP) is 2.27. The Kier molecular flexibility index (Phi) is 7.65. The van der Waals surface area contributed by atoms with Gasteiger partial charge in [0.05, 0.1) is 19.9 Å². The highest BCUT2D eigenvalue weighted by molar-refractivity contribution is 6.17. The molecule has 0 aliphatic heterocycles. The van der Waals surface area contributed by atoms with Gasteiger partial charge < -0.3 is 20.1 Å². The molecule has 0 fully saturated rings. The molecule has 0 heterocycles. The van der Waals surface area contributed by atoms with E-state index in [-0.39, 0.29) is 5.57 Å². The fourth-order valence-corrected chi connectivity index (χ4v) is 1.72. The third-order valence-electron chi connectivity index (χ3n) is 2.74. The number of nitriles is 1. The van der Waals surface area contributed by atoms with Crippen LogP contribution in [0.2, 0.25) is 0 Å². The number of benzene rings is 1. The molecule has 0 aliphatic carbocycles. The van der Waals surface area contributed by atoms with Crippen LogP contribution in [-0.4, -0.2) is 32.6 Å². The number of methoxy groups -OCH3 is 2. The molecule has 0 radical (unpaired) electrons. The summed E-state index contributed by atoms with van der Waals surface area (Å²) in [5.41, 5.74) is 0.544. The summed E-state index contributed by atoms with van der Waals surface area (Å²) < 4.78 is 10.3. The Hall–Kier alpha value is -2.39. The first-order valence-electron chi connectivity index (χ1n) is 6.59. The molecule has 0 saturated heterocycles. The number of nitrogens with zero attached hydrogens (tertiary/aromatic N) is 1. The summed E-state index contributed by atoms with van der Waals surface area (Å²) >= 11 is 5.53. The van der Waals surface area contributed by atoms with E-state index in [1.165, 1.54) is 13.3 Å². The summed E-state index contributed by atoms with van der Waals surface area (Å²) in [6.45, 7) is 0.420. The summed E-state index contributed by atoms with van der Waals surface area (Å²) in [4.78, 5) is 11.8. The quantitative estimate of drug-likeness (QED) is 0.332. The lowest BCUT2D eigenvalue weighted by molar-refractivity contribution is -0.117. The molecule has 7 heteroatoms. The molecular formula is C15H18ClN3O3. The number of nitrogens with one attached hydrogen (secondary N) is 2. The number of amides is 1. The maximum absolute atomic E-state index is 11.8. The molecule has 0 unspecified atom stereocenters. The predicted molar refractivity (Wildman–Crippen MR) is 85.2 cm³/mol. The first-order chi connectivity index (χ1) is 10.7. The number of hydrogen-bond acceptors (Lipinski definition) is 5. The van der Waals surface area contributed by atoms with E-state index >= 15 is 0 Å². The summed E-state index contributed by atoms with van der Waals surface area (Å²) in [6, 6.07) is 7.02. The highest BCUT2D eigenvalue weighted by Gasteiger charge is 2.09. The zero-order valence-corrected chi connectivity index (χ0v) is 13.2. The third kappa shape index (κ3) is 5.19. The van der Waals surface area contributed by atoms with E-state index in [9.17, 15) is 4.79 Å². The molecule has 1 amide bonds. The van der Waals surface area contributed by atoms with Gasteiger partial charge in [-0.05, 0) is 18.6 Å². The van der Waals surface area contributed by atoms with Crippen molar-refractivity contribution in [3.05, 3.63) is 30.0 Å². The first kappa shape index (κ1) is 17.7. The molecule has 6 nitrogen and oxygen atoms in total. The largest absolute Gasteiger partial charge is 0.497 e. The average Bonchev–Trinajstić information content (AvgIpc) is 2.55. The number of anilines is 1. The Morgan fingerprint density at radius 2 is 2.18 bits per heavy atom. The van der Waals surface area contributed by atoms with Crippen LogP contribution in [0.5, 0.6) is 11.5 Å².